The van der Waals surface area contributed by atoms with Crippen molar-refractivity contribution in [2.45, 2.75) is 39.5 Å². The van der Waals surface area contributed by atoms with Gasteiger partial charge in [-0.05, 0) is 20.8 Å². The summed E-state index contributed by atoms with van der Waals surface area (Å²) in [6.45, 7) is 8.93. The van der Waals surface area contributed by atoms with Crippen LogP contribution in [0.25, 0.3) is 0 Å². The summed E-state index contributed by atoms with van der Waals surface area (Å²) >= 11 is 0. The molecule has 1 fully saturated rings. The number of rotatable bonds is 7. The van der Waals surface area contributed by atoms with Gasteiger partial charge >= 0.3 is 13.5 Å². The predicted molar refractivity (Wildman–Crippen MR) is 85.7 cm³/mol. The molecule has 0 aromatic carbocycles. The van der Waals surface area contributed by atoms with E-state index in [1.54, 1.807) is 20.8 Å². The highest BCUT2D eigenvalue weighted by Gasteiger charge is 2.39. The summed E-state index contributed by atoms with van der Waals surface area (Å²) in [7, 11) is -3.74. The van der Waals surface area contributed by atoms with Crippen molar-refractivity contribution in [3.8, 4) is 0 Å². The van der Waals surface area contributed by atoms with Crippen LogP contribution in [0.3, 0.4) is 0 Å². The first-order chi connectivity index (χ1) is 11.3. The zero-order valence-electron chi connectivity index (χ0n) is 13.8. The van der Waals surface area contributed by atoms with E-state index in [9.17, 15) is 14.2 Å². The van der Waals surface area contributed by atoms with Crippen molar-refractivity contribution in [1.29, 1.82) is 0 Å². The Bertz CT molecular complexity index is 759. The molecule has 2 rings (SSSR count). The van der Waals surface area contributed by atoms with E-state index in [0.29, 0.717) is 5.56 Å². The molecule has 1 aromatic rings. The summed E-state index contributed by atoms with van der Waals surface area (Å²) in [5.41, 5.74) is -0.706. The molecule has 2 atom stereocenters. The third-order valence-electron chi connectivity index (χ3n) is 3.35. The fraction of sp³-hybridized carbons (Fsp3) is 0.571. The first-order valence-electron chi connectivity index (χ1n) is 7.54. The van der Waals surface area contributed by atoms with Crippen LogP contribution in [-0.2, 0) is 22.9 Å². The number of aromatic nitrogens is 2. The molecule has 0 spiro atoms. The van der Waals surface area contributed by atoms with Crippen molar-refractivity contribution in [2.75, 3.05) is 13.2 Å². The van der Waals surface area contributed by atoms with Gasteiger partial charge in [0, 0.05) is 18.2 Å². The lowest BCUT2D eigenvalue weighted by atomic mass is 10.2. The first kappa shape index (κ1) is 18.7. The zero-order valence-corrected chi connectivity index (χ0v) is 14.7. The van der Waals surface area contributed by atoms with E-state index in [4.69, 9.17) is 18.3 Å². The molecule has 0 unspecified atom stereocenters. The van der Waals surface area contributed by atoms with Gasteiger partial charge in [0.2, 0.25) is 0 Å². The fourth-order valence-corrected chi connectivity index (χ4v) is 3.60. The van der Waals surface area contributed by atoms with Crippen LogP contribution in [0.5, 0.6) is 0 Å². The molecular formula is C14H21N2O7P. The summed E-state index contributed by atoms with van der Waals surface area (Å²) in [6.07, 6.45) is 0.0703. The Balaban J connectivity index is 2.19. The van der Waals surface area contributed by atoms with Crippen molar-refractivity contribution in [3.05, 3.63) is 44.9 Å². The van der Waals surface area contributed by atoms with E-state index in [0.717, 1.165) is 0 Å². The quantitative estimate of drug-likeness (QED) is 0.739. The van der Waals surface area contributed by atoms with Gasteiger partial charge in [0.05, 0.1) is 13.2 Å². The third kappa shape index (κ3) is 4.05. The van der Waals surface area contributed by atoms with Crippen LogP contribution in [0, 0.1) is 6.92 Å². The largest absolute Gasteiger partial charge is 0.475 e. The number of H-pyrrole nitrogens is 1. The molecule has 0 radical (unpaired) electrons. The van der Waals surface area contributed by atoms with Crippen LogP contribution in [-0.4, -0.2) is 28.9 Å². The van der Waals surface area contributed by atoms with Crippen LogP contribution in [0.1, 0.15) is 32.1 Å². The second-order valence-corrected chi connectivity index (χ2v) is 6.75. The van der Waals surface area contributed by atoms with E-state index in [-0.39, 0.29) is 25.4 Å². The molecule has 1 aliphatic rings. The van der Waals surface area contributed by atoms with E-state index >= 15 is 0 Å². The van der Waals surface area contributed by atoms with Gasteiger partial charge < -0.3 is 4.74 Å². The standard InChI is InChI=1S/C14H21N2O7P/c1-5-20-24(19,21-6-2)23-11-7-12(22-10(11)4)16-8-9(3)13(17)15-14(16)18/h8,11-12H,4-7H2,1-3H3,(H,15,17,18)/t11-,12+/m0/s1. The molecule has 1 aliphatic heterocycles. The van der Waals surface area contributed by atoms with E-state index in [1.165, 1.54) is 10.8 Å². The van der Waals surface area contributed by atoms with Crippen LogP contribution in [0.4, 0.5) is 0 Å². The highest BCUT2D eigenvalue weighted by Crippen LogP contribution is 2.53. The van der Waals surface area contributed by atoms with Crippen molar-refractivity contribution >= 4 is 7.82 Å². The normalized spacial score (nSPS) is 21.0. The van der Waals surface area contributed by atoms with Gasteiger partial charge in [-0.3, -0.25) is 27.9 Å². The number of nitrogens with zero attached hydrogens (tertiary/aromatic N) is 1. The number of hydrogen-bond donors (Lipinski definition) is 1. The second kappa shape index (κ2) is 7.48. The average molecular weight is 360 g/mol. The third-order valence-corrected chi connectivity index (χ3v) is 5.01. The number of phosphoric acid groups is 1. The molecule has 1 aromatic heterocycles. The first-order valence-corrected chi connectivity index (χ1v) is 9.00. The maximum Gasteiger partial charge on any atom is 0.475 e. The Morgan fingerprint density at radius 2 is 2.00 bits per heavy atom. The molecular weight excluding hydrogens is 339 g/mol. The molecule has 1 saturated heterocycles. The van der Waals surface area contributed by atoms with E-state index < -0.39 is 31.4 Å². The number of nitrogens with one attached hydrogen (secondary N) is 1. The molecule has 10 heteroatoms. The minimum absolute atomic E-state index is 0.152. The highest BCUT2D eigenvalue weighted by molar-refractivity contribution is 7.48. The molecule has 0 saturated carbocycles. The van der Waals surface area contributed by atoms with Crippen molar-refractivity contribution in [3.63, 3.8) is 0 Å². The van der Waals surface area contributed by atoms with Gasteiger partial charge in [-0.1, -0.05) is 6.58 Å². The van der Waals surface area contributed by atoms with E-state index in [1.807, 2.05) is 0 Å². The maximum atomic E-state index is 12.4. The van der Waals surface area contributed by atoms with Gasteiger partial charge in [-0.2, -0.15) is 0 Å². The predicted octanol–water partition coefficient (Wildman–Crippen LogP) is 1.84. The number of aromatic amines is 1. The van der Waals surface area contributed by atoms with Crippen molar-refractivity contribution in [2.24, 2.45) is 0 Å². The SMILES string of the molecule is C=C1O[C@@H](n2cc(C)c(=O)[nH]c2=O)C[C@@H]1OP(=O)(OCC)OCC. The Morgan fingerprint density at radius 3 is 2.58 bits per heavy atom. The van der Waals surface area contributed by atoms with Crippen molar-refractivity contribution < 1.29 is 22.9 Å². The molecule has 134 valence electrons. The Kier molecular flexibility index (Phi) is 5.82. The monoisotopic (exact) mass is 360 g/mol. The number of hydrogen-bond acceptors (Lipinski definition) is 7. The van der Waals surface area contributed by atoms with Crippen LogP contribution in [0.2, 0.25) is 0 Å². The molecule has 9 nitrogen and oxygen atoms in total. The smallest absolute Gasteiger partial charge is 0.472 e. The topological polar surface area (TPSA) is 109 Å². The summed E-state index contributed by atoms with van der Waals surface area (Å²) in [6, 6.07) is 0. The highest BCUT2D eigenvalue weighted by atomic mass is 31.2. The zero-order chi connectivity index (χ0) is 17.9. The lowest BCUT2D eigenvalue weighted by Gasteiger charge is -2.19. The minimum atomic E-state index is -3.74. The Morgan fingerprint density at radius 1 is 1.38 bits per heavy atom. The molecule has 0 aliphatic carbocycles. The lowest BCUT2D eigenvalue weighted by Crippen LogP contribution is -2.33. The summed E-state index contributed by atoms with van der Waals surface area (Å²) in [5.74, 6) is 0.204. The summed E-state index contributed by atoms with van der Waals surface area (Å²) < 4.78 is 34.8. The van der Waals surface area contributed by atoms with Crippen molar-refractivity contribution in [1.82, 2.24) is 9.55 Å². The number of aryl methyl sites for hydroxylation is 1. The average Bonchev–Trinajstić information content (AvgIpc) is 2.84. The summed E-state index contributed by atoms with van der Waals surface area (Å²) in [5, 5.41) is 0. The molecule has 2 heterocycles. The molecule has 0 amide bonds. The van der Waals surface area contributed by atoms with Gasteiger partial charge in [0.25, 0.3) is 5.56 Å². The van der Waals surface area contributed by atoms with Crippen LogP contribution >= 0.6 is 7.82 Å². The molecule has 24 heavy (non-hydrogen) atoms. The Hall–Kier alpha value is -1.67. The number of phosphoric ester groups is 1. The number of ether oxygens (including phenoxy) is 1. The molecule has 1 N–H and O–H groups in total. The van der Waals surface area contributed by atoms with E-state index in [2.05, 4.69) is 11.6 Å². The Labute approximate surface area is 138 Å². The van der Waals surface area contributed by atoms with Crippen LogP contribution in [0.15, 0.2) is 28.1 Å². The van der Waals surface area contributed by atoms with Gasteiger partial charge in [0.15, 0.2) is 6.23 Å². The minimum Gasteiger partial charge on any atom is -0.472 e. The van der Waals surface area contributed by atoms with Crippen LogP contribution < -0.4 is 11.2 Å². The van der Waals surface area contributed by atoms with Gasteiger partial charge in [-0.15, -0.1) is 0 Å². The van der Waals surface area contributed by atoms with Gasteiger partial charge in [0.1, 0.15) is 11.9 Å². The second-order valence-electron chi connectivity index (χ2n) is 5.13. The van der Waals surface area contributed by atoms with Gasteiger partial charge in [-0.25, -0.2) is 9.36 Å². The fourth-order valence-electron chi connectivity index (χ4n) is 2.26. The molecule has 0 bridgehead atoms. The maximum absolute atomic E-state index is 12.4. The lowest BCUT2D eigenvalue weighted by molar-refractivity contribution is 0.0896. The summed E-state index contributed by atoms with van der Waals surface area (Å²) in [4.78, 5) is 25.6.